The molecule has 1 saturated heterocycles. The fourth-order valence-electron chi connectivity index (χ4n) is 3.49. The molecule has 1 heterocycles. The van der Waals surface area contributed by atoms with E-state index < -0.39 is 0 Å². The number of hydrogen-bond donors (Lipinski definition) is 1. The monoisotopic (exact) mass is 380 g/mol. The van der Waals surface area contributed by atoms with Crippen LogP contribution in [-0.4, -0.2) is 17.6 Å². The summed E-state index contributed by atoms with van der Waals surface area (Å²) in [6, 6.07) is 16.1. The highest BCUT2D eigenvalue weighted by molar-refractivity contribution is 8.00. The number of nitrogens with one attached hydrogen (secondary N) is 1. The third-order valence-corrected chi connectivity index (χ3v) is 6.64. The predicted molar refractivity (Wildman–Crippen MR) is 111 cm³/mol. The van der Waals surface area contributed by atoms with Gasteiger partial charge in [-0.2, -0.15) is 0 Å². The van der Waals surface area contributed by atoms with E-state index in [0.29, 0.717) is 5.75 Å². The number of carbonyl (C=O) groups excluding carboxylic acids is 2. The Balaban J connectivity index is 1.50. The van der Waals surface area contributed by atoms with Gasteiger partial charge < -0.3 is 5.32 Å². The molecule has 0 aromatic heterocycles. The van der Waals surface area contributed by atoms with Gasteiger partial charge in [0.25, 0.3) is 0 Å². The van der Waals surface area contributed by atoms with Crippen molar-refractivity contribution in [3.05, 3.63) is 59.7 Å². The molecule has 1 saturated carbocycles. The number of rotatable bonds is 5. The molecule has 0 unspecified atom stereocenters. The molecule has 1 atom stereocenters. The molecule has 4 rings (SSSR count). The molecule has 5 heteroatoms. The largest absolute Gasteiger partial charge is 0.326 e. The van der Waals surface area contributed by atoms with Crippen LogP contribution in [-0.2, 0) is 16.0 Å². The molecule has 2 amide bonds. The average molecular weight is 381 g/mol. The quantitative estimate of drug-likeness (QED) is 0.813. The summed E-state index contributed by atoms with van der Waals surface area (Å²) in [7, 11) is 0. The molecule has 1 N–H and O–H groups in total. The summed E-state index contributed by atoms with van der Waals surface area (Å²) in [6.07, 6.45) is 4.13. The van der Waals surface area contributed by atoms with Crippen LogP contribution in [0.4, 0.5) is 11.4 Å². The summed E-state index contributed by atoms with van der Waals surface area (Å²) in [6.45, 7) is 2.12. The number of thioether (sulfide) groups is 1. The van der Waals surface area contributed by atoms with Crippen LogP contribution in [0.2, 0.25) is 0 Å². The van der Waals surface area contributed by atoms with Gasteiger partial charge in [0.1, 0.15) is 5.37 Å². The molecule has 2 aliphatic rings. The molecule has 2 aromatic rings. The number of benzene rings is 2. The molecule has 2 aromatic carbocycles. The van der Waals surface area contributed by atoms with Gasteiger partial charge in [0.2, 0.25) is 11.8 Å². The zero-order valence-electron chi connectivity index (χ0n) is 15.5. The fourth-order valence-corrected chi connectivity index (χ4v) is 4.67. The van der Waals surface area contributed by atoms with Crippen molar-refractivity contribution in [1.29, 1.82) is 0 Å². The SMILES string of the molecule is CCc1ccc(N2C(=O)CS[C@@H]2c2ccc(NC(=O)C3CCC3)cc2)cc1. The van der Waals surface area contributed by atoms with Crippen LogP contribution in [0.3, 0.4) is 0 Å². The first kappa shape index (κ1) is 18.1. The van der Waals surface area contributed by atoms with E-state index in [1.54, 1.807) is 11.8 Å². The van der Waals surface area contributed by atoms with Crippen molar-refractivity contribution < 1.29 is 9.59 Å². The first-order valence-corrected chi connectivity index (χ1v) is 10.6. The van der Waals surface area contributed by atoms with Gasteiger partial charge in [0.15, 0.2) is 0 Å². The first-order valence-electron chi connectivity index (χ1n) is 9.59. The van der Waals surface area contributed by atoms with Crippen molar-refractivity contribution in [2.75, 3.05) is 16.0 Å². The van der Waals surface area contributed by atoms with Crippen LogP contribution in [0.15, 0.2) is 48.5 Å². The molecular formula is C22H24N2O2S. The van der Waals surface area contributed by atoms with Crippen molar-refractivity contribution in [2.24, 2.45) is 5.92 Å². The maximum absolute atomic E-state index is 12.5. The zero-order valence-corrected chi connectivity index (χ0v) is 16.3. The lowest BCUT2D eigenvalue weighted by atomic mass is 9.85. The van der Waals surface area contributed by atoms with E-state index in [4.69, 9.17) is 0 Å². The highest BCUT2D eigenvalue weighted by Crippen LogP contribution is 2.42. The Morgan fingerprint density at radius 1 is 1.11 bits per heavy atom. The van der Waals surface area contributed by atoms with E-state index in [0.717, 1.165) is 42.6 Å². The first-order chi connectivity index (χ1) is 13.2. The van der Waals surface area contributed by atoms with Gasteiger partial charge >= 0.3 is 0 Å². The third-order valence-electron chi connectivity index (χ3n) is 5.43. The minimum Gasteiger partial charge on any atom is -0.326 e. The fraction of sp³-hybridized carbons (Fsp3) is 0.364. The molecule has 1 aliphatic carbocycles. The number of aryl methyl sites for hydroxylation is 1. The number of nitrogens with zero attached hydrogens (tertiary/aromatic N) is 1. The Bertz CT molecular complexity index is 828. The molecule has 2 fully saturated rings. The minimum absolute atomic E-state index is 0.0265. The van der Waals surface area contributed by atoms with Crippen LogP contribution >= 0.6 is 11.8 Å². The second-order valence-electron chi connectivity index (χ2n) is 7.19. The Morgan fingerprint density at radius 2 is 1.81 bits per heavy atom. The van der Waals surface area contributed by atoms with Crippen molar-refractivity contribution in [1.82, 2.24) is 0 Å². The van der Waals surface area contributed by atoms with Gasteiger partial charge in [-0.05, 0) is 54.7 Å². The summed E-state index contributed by atoms with van der Waals surface area (Å²) >= 11 is 1.64. The van der Waals surface area contributed by atoms with Crippen molar-refractivity contribution in [2.45, 2.75) is 38.0 Å². The predicted octanol–water partition coefficient (Wildman–Crippen LogP) is 4.77. The van der Waals surface area contributed by atoms with E-state index in [9.17, 15) is 9.59 Å². The average Bonchev–Trinajstić information content (AvgIpc) is 3.02. The van der Waals surface area contributed by atoms with Crippen LogP contribution in [0.5, 0.6) is 0 Å². The lowest BCUT2D eigenvalue weighted by Gasteiger charge is -2.25. The Hall–Kier alpha value is -2.27. The zero-order chi connectivity index (χ0) is 18.8. The topological polar surface area (TPSA) is 49.4 Å². The van der Waals surface area contributed by atoms with Gasteiger partial charge in [-0.25, -0.2) is 0 Å². The van der Waals surface area contributed by atoms with E-state index in [2.05, 4.69) is 24.4 Å². The third kappa shape index (κ3) is 3.74. The summed E-state index contributed by atoms with van der Waals surface area (Å²) < 4.78 is 0. The van der Waals surface area contributed by atoms with Gasteiger partial charge in [-0.1, -0.05) is 37.6 Å². The molecule has 0 spiro atoms. The Labute approximate surface area is 164 Å². The normalized spacial score (nSPS) is 19.8. The summed E-state index contributed by atoms with van der Waals surface area (Å²) in [5.74, 6) is 0.920. The maximum Gasteiger partial charge on any atom is 0.238 e. The van der Waals surface area contributed by atoms with Gasteiger partial charge in [0.05, 0.1) is 5.75 Å². The smallest absolute Gasteiger partial charge is 0.238 e. The van der Waals surface area contributed by atoms with E-state index >= 15 is 0 Å². The van der Waals surface area contributed by atoms with Gasteiger partial charge in [-0.3, -0.25) is 14.5 Å². The van der Waals surface area contributed by atoms with Crippen LogP contribution < -0.4 is 10.2 Å². The second-order valence-corrected chi connectivity index (χ2v) is 8.25. The standard InChI is InChI=1S/C22H24N2O2S/c1-2-15-6-12-19(13-7-15)24-20(25)14-27-22(24)17-8-10-18(11-9-17)23-21(26)16-4-3-5-16/h6-13,16,22H,2-5,14H2,1H3,(H,23,26)/t22-/m1/s1. The van der Waals surface area contributed by atoms with Crippen molar-refractivity contribution in [3.8, 4) is 0 Å². The number of carbonyl (C=O) groups is 2. The molecular weight excluding hydrogens is 356 g/mol. The molecule has 140 valence electrons. The van der Waals surface area contributed by atoms with Crippen molar-refractivity contribution >= 4 is 35.0 Å². The minimum atomic E-state index is -0.0265. The van der Waals surface area contributed by atoms with E-state index in [-0.39, 0.29) is 23.1 Å². The molecule has 27 heavy (non-hydrogen) atoms. The van der Waals surface area contributed by atoms with Gasteiger partial charge in [-0.15, -0.1) is 11.8 Å². The van der Waals surface area contributed by atoms with Crippen LogP contribution in [0.25, 0.3) is 0 Å². The lowest BCUT2D eigenvalue weighted by Crippen LogP contribution is -2.28. The highest BCUT2D eigenvalue weighted by Gasteiger charge is 2.34. The number of amides is 2. The highest BCUT2D eigenvalue weighted by atomic mass is 32.2. The van der Waals surface area contributed by atoms with Crippen LogP contribution in [0, 0.1) is 5.92 Å². The number of anilines is 2. The molecule has 0 radical (unpaired) electrons. The molecule has 4 nitrogen and oxygen atoms in total. The lowest BCUT2D eigenvalue weighted by molar-refractivity contribution is -0.122. The Morgan fingerprint density at radius 3 is 2.41 bits per heavy atom. The maximum atomic E-state index is 12.5. The summed E-state index contributed by atoms with van der Waals surface area (Å²) in [4.78, 5) is 26.5. The summed E-state index contributed by atoms with van der Waals surface area (Å²) in [5.41, 5.74) is 4.10. The van der Waals surface area contributed by atoms with E-state index in [1.165, 1.54) is 5.56 Å². The second kappa shape index (κ2) is 7.77. The number of hydrogen-bond acceptors (Lipinski definition) is 3. The Kier molecular flexibility index (Phi) is 5.21. The van der Waals surface area contributed by atoms with Crippen molar-refractivity contribution in [3.63, 3.8) is 0 Å². The van der Waals surface area contributed by atoms with Crippen LogP contribution in [0.1, 0.15) is 42.7 Å². The molecule has 0 bridgehead atoms. The van der Waals surface area contributed by atoms with E-state index in [1.807, 2.05) is 41.3 Å². The van der Waals surface area contributed by atoms with Gasteiger partial charge in [0, 0.05) is 17.3 Å². The molecule has 1 aliphatic heterocycles. The summed E-state index contributed by atoms with van der Waals surface area (Å²) in [5, 5.41) is 2.97.